The number of hydrogen-bond acceptors (Lipinski definition) is 3. The molecule has 5 heteroatoms. The molecule has 1 aromatic rings. The molecule has 1 atom stereocenters. The van der Waals surface area contributed by atoms with Crippen LogP contribution < -0.4 is 5.32 Å². The molecule has 1 aromatic carbocycles. The van der Waals surface area contributed by atoms with E-state index in [1.54, 1.807) is 24.3 Å². The summed E-state index contributed by atoms with van der Waals surface area (Å²) in [5.41, 5.74) is 0.957. The second-order valence-corrected chi connectivity index (χ2v) is 6.02. The van der Waals surface area contributed by atoms with Gasteiger partial charge in [-0.2, -0.15) is 0 Å². The van der Waals surface area contributed by atoms with Gasteiger partial charge in [0.2, 0.25) is 5.91 Å². The quantitative estimate of drug-likeness (QED) is 0.838. The molecule has 0 spiro atoms. The van der Waals surface area contributed by atoms with Gasteiger partial charge in [-0.15, -0.1) is 0 Å². The maximum absolute atomic E-state index is 11.2. The molecule has 1 saturated heterocycles. The van der Waals surface area contributed by atoms with Crippen molar-refractivity contribution in [2.75, 3.05) is 6.26 Å². The predicted molar refractivity (Wildman–Crippen MR) is 59.7 cm³/mol. The van der Waals surface area contributed by atoms with E-state index in [4.69, 9.17) is 0 Å². The fraction of sp³-hybridized carbons (Fsp3) is 0.364. The number of hydrogen-bond donors (Lipinski definition) is 1. The Morgan fingerprint density at radius 3 is 2.31 bits per heavy atom. The first kappa shape index (κ1) is 11.1. The third-order valence-corrected chi connectivity index (χ3v) is 3.83. The van der Waals surface area contributed by atoms with E-state index in [-0.39, 0.29) is 11.9 Å². The molecule has 0 radical (unpaired) electrons. The van der Waals surface area contributed by atoms with Gasteiger partial charge in [0.15, 0.2) is 9.84 Å². The fourth-order valence-corrected chi connectivity index (χ4v) is 2.44. The first-order chi connectivity index (χ1) is 7.47. The zero-order valence-corrected chi connectivity index (χ0v) is 9.75. The molecule has 1 unspecified atom stereocenters. The predicted octanol–water partition coefficient (Wildman–Crippen LogP) is 1.04. The van der Waals surface area contributed by atoms with Gasteiger partial charge in [-0.1, -0.05) is 12.1 Å². The van der Waals surface area contributed by atoms with Gasteiger partial charge >= 0.3 is 0 Å². The SMILES string of the molecule is CS(=O)(=O)c1ccc(C2CCC(=O)N2)cc1. The highest BCUT2D eigenvalue weighted by Gasteiger charge is 2.22. The van der Waals surface area contributed by atoms with Gasteiger partial charge < -0.3 is 5.32 Å². The van der Waals surface area contributed by atoms with Crippen molar-refractivity contribution in [3.05, 3.63) is 29.8 Å². The molecule has 1 amide bonds. The highest BCUT2D eigenvalue weighted by molar-refractivity contribution is 7.90. The minimum atomic E-state index is -3.14. The summed E-state index contributed by atoms with van der Waals surface area (Å²) in [6.07, 6.45) is 2.49. The normalized spacial score (nSPS) is 20.8. The molecule has 1 fully saturated rings. The zero-order valence-electron chi connectivity index (χ0n) is 8.93. The number of rotatable bonds is 2. The first-order valence-corrected chi connectivity index (χ1v) is 6.95. The molecule has 4 nitrogen and oxygen atoms in total. The molecular weight excluding hydrogens is 226 g/mol. The Morgan fingerprint density at radius 1 is 1.25 bits per heavy atom. The summed E-state index contributed by atoms with van der Waals surface area (Å²) in [6.45, 7) is 0. The number of benzene rings is 1. The van der Waals surface area contributed by atoms with Gasteiger partial charge in [0.1, 0.15) is 0 Å². The van der Waals surface area contributed by atoms with Crippen molar-refractivity contribution in [2.24, 2.45) is 0 Å². The third kappa shape index (κ3) is 2.24. The van der Waals surface area contributed by atoms with E-state index in [9.17, 15) is 13.2 Å². The number of nitrogens with one attached hydrogen (secondary N) is 1. The largest absolute Gasteiger partial charge is 0.349 e. The van der Waals surface area contributed by atoms with Crippen LogP contribution in [0.25, 0.3) is 0 Å². The van der Waals surface area contributed by atoms with Crippen LogP contribution >= 0.6 is 0 Å². The van der Waals surface area contributed by atoms with E-state index >= 15 is 0 Å². The van der Waals surface area contributed by atoms with Gasteiger partial charge in [0.25, 0.3) is 0 Å². The van der Waals surface area contributed by atoms with Crippen LogP contribution in [0.4, 0.5) is 0 Å². The topological polar surface area (TPSA) is 63.2 Å². The molecule has 1 N–H and O–H groups in total. The molecule has 0 bridgehead atoms. The van der Waals surface area contributed by atoms with Crippen LogP contribution in [0.2, 0.25) is 0 Å². The minimum Gasteiger partial charge on any atom is -0.349 e. The zero-order chi connectivity index (χ0) is 11.8. The minimum absolute atomic E-state index is 0.0288. The molecular formula is C11H13NO3S. The second-order valence-electron chi connectivity index (χ2n) is 4.00. The highest BCUT2D eigenvalue weighted by Crippen LogP contribution is 2.24. The van der Waals surface area contributed by atoms with Crippen molar-refractivity contribution >= 4 is 15.7 Å². The monoisotopic (exact) mass is 239 g/mol. The Bertz CT molecular complexity index is 505. The molecule has 0 aliphatic carbocycles. The third-order valence-electron chi connectivity index (χ3n) is 2.71. The van der Waals surface area contributed by atoms with E-state index in [0.717, 1.165) is 12.0 Å². The lowest BCUT2D eigenvalue weighted by molar-refractivity contribution is -0.119. The number of sulfone groups is 1. The van der Waals surface area contributed by atoms with Crippen LogP contribution in [-0.4, -0.2) is 20.6 Å². The summed E-state index contributed by atoms with van der Waals surface area (Å²) in [5.74, 6) is 0.0530. The van der Waals surface area contributed by atoms with Gasteiger partial charge in [-0.3, -0.25) is 4.79 Å². The highest BCUT2D eigenvalue weighted by atomic mass is 32.2. The van der Waals surface area contributed by atoms with Crippen molar-refractivity contribution in [3.8, 4) is 0 Å². The molecule has 0 saturated carbocycles. The van der Waals surface area contributed by atoms with Crippen LogP contribution in [0.15, 0.2) is 29.2 Å². The van der Waals surface area contributed by atoms with E-state index in [0.29, 0.717) is 11.3 Å². The average Bonchev–Trinajstić information content (AvgIpc) is 2.64. The molecule has 1 aliphatic rings. The van der Waals surface area contributed by atoms with E-state index in [1.807, 2.05) is 0 Å². The Morgan fingerprint density at radius 2 is 1.88 bits per heavy atom. The second kappa shape index (κ2) is 3.90. The van der Waals surface area contributed by atoms with Crippen LogP contribution in [-0.2, 0) is 14.6 Å². The number of carbonyl (C=O) groups is 1. The lowest BCUT2D eigenvalue weighted by Gasteiger charge is -2.10. The summed E-state index contributed by atoms with van der Waals surface area (Å²) in [6, 6.07) is 6.70. The fourth-order valence-electron chi connectivity index (χ4n) is 1.81. The summed E-state index contributed by atoms with van der Waals surface area (Å²) < 4.78 is 22.5. The molecule has 1 heterocycles. The molecule has 2 rings (SSSR count). The average molecular weight is 239 g/mol. The first-order valence-electron chi connectivity index (χ1n) is 5.06. The van der Waals surface area contributed by atoms with Crippen LogP contribution in [0.5, 0.6) is 0 Å². The Balaban J connectivity index is 2.23. The maximum Gasteiger partial charge on any atom is 0.220 e. The summed E-state index contributed by atoms with van der Waals surface area (Å²) in [7, 11) is -3.14. The van der Waals surface area contributed by atoms with Crippen molar-refractivity contribution in [1.29, 1.82) is 0 Å². The molecule has 86 valence electrons. The Labute approximate surface area is 94.6 Å². The lowest BCUT2D eigenvalue weighted by Crippen LogP contribution is -2.18. The lowest BCUT2D eigenvalue weighted by atomic mass is 10.1. The smallest absolute Gasteiger partial charge is 0.220 e. The number of carbonyl (C=O) groups excluding carboxylic acids is 1. The van der Waals surface area contributed by atoms with Crippen LogP contribution in [0, 0.1) is 0 Å². The van der Waals surface area contributed by atoms with Crippen molar-refractivity contribution in [3.63, 3.8) is 0 Å². The van der Waals surface area contributed by atoms with Crippen molar-refractivity contribution in [2.45, 2.75) is 23.8 Å². The van der Waals surface area contributed by atoms with Gasteiger partial charge in [0.05, 0.1) is 10.9 Å². The van der Waals surface area contributed by atoms with Gasteiger partial charge in [-0.05, 0) is 24.1 Å². The van der Waals surface area contributed by atoms with E-state index in [1.165, 1.54) is 6.26 Å². The Kier molecular flexibility index (Phi) is 2.71. The van der Waals surface area contributed by atoms with E-state index < -0.39 is 9.84 Å². The summed E-state index contributed by atoms with van der Waals surface area (Å²) >= 11 is 0. The Hall–Kier alpha value is -1.36. The maximum atomic E-state index is 11.2. The molecule has 16 heavy (non-hydrogen) atoms. The van der Waals surface area contributed by atoms with Crippen molar-refractivity contribution < 1.29 is 13.2 Å². The van der Waals surface area contributed by atoms with Crippen molar-refractivity contribution in [1.82, 2.24) is 5.32 Å². The summed E-state index contributed by atoms with van der Waals surface area (Å²) in [4.78, 5) is 11.4. The molecule has 0 aromatic heterocycles. The van der Waals surface area contributed by atoms with E-state index in [2.05, 4.69) is 5.32 Å². The number of amides is 1. The summed E-state index contributed by atoms with van der Waals surface area (Å²) in [5, 5.41) is 2.84. The van der Waals surface area contributed by atoms with Crippen LogP contribution in [0.1, 0.15) is 24.4 Å². The van der Waals surface area contributed by atoms with Gasteiger partial charge in [0, 0.05) is 12.7 Å². The standard InChI is InChI=1S/C11H13NO3S/c1-16(14,15)9-4-2-8(3-5-9)10-6-7-11(13)12-10/h2-5,10H,6-7H2,1H3,(H,12,13). The van der Waals surface area contributed by atoms with Crippen LogP contribution in [0.3, 0.4) is 0 Å². The van der Waals surface area contributed by atoms with Gasteiger partial charge in [-0.25, -0.2) is 8.42 Å². The molecule has 1 aliphatic heterocycles.